The van der Waals surface area contributed by atoms with Crippen molar-refractivity contribution in [3.8, 4) is 0 Å². The Bertz CT molecular complexity index is 663. The number of ether oxygens (including phenoxy) is 1. The lowest BCUT2D eigenvalue weighted by Crippen LogP contribution is -2.32. The monoisotopic (exact) mass is 317 g/mol. The van der Waals surface area contributed by atoms with E-state index in [0.717, 1.165) is 25.5 Å². The Labute approximate surface area is 135 Å². The van der Waals surface area contributed by atoms with Crippen molar-refractivity contribution in [2.45, 2.75) is 51.6 Å². The first-order valence-corrected chi connectivity index (χ1v) is 9.30. The Kier molecular flexibility index (Phi) is 4.01. The summed E-state index contributed by atoms with van der Waals surface area (Å²) in [4.78, 5) is 14.3. The van der Waals surface area contributed by atoms with E-state index in [1.165, 1.54) is 59.2 Å². The summed E-state index contributed by atoms with van der Waals surface area (Å²) in [6, 6.07) is 0. The molecule has 1 fully saturated rings. The Hall–Kier alpha value is -1.20. The van der Waals surface area contributed by atoms with E-state index in [1.54, 1.807) is 6.33 Å². The fraction of sp³-hybridized carbons (Fsp3) is 0.647. The van der Waals surface area contributed by atoms with Crippen molar-refractivity contribution in [1.29, 1.82) is 0 Å². The first-order valence-electron chi connectivity index (χ1n) is 8.48. The summed E-state index contributed by atoms with van der Waals surface area (Å²) in [7, 11) is 0. The second-order valence-electron chi connectivity index (χ2n) is 6.26. The molecule has 0 amide bonds. The van der Waals surface area contributed by atoms with Crippen LogP contribution in [0.25, 0.3) is 10.2 Å². The molecule has 1 saturated heterocycles. The minimum Gasteiger partial charge on any atom is -0.376 e. The molecule has 0 unspecified atom stereocenters. The smallest absolute Gasteiger partial charge is 0.141 e. The molecule has 0 aromatic carbocycles. The van der Waals surface area contributed by atoms with Gasteiger partial charge in [-0.1, -0.05) is 0 Å². The lowest BCUT2D eigenvalue weighted by molar-refractivity contribution is 0.115. The van der Waals surface area contributed by atoms with Crippen LogP contribution >= 0.6 is 11.3 Å². The van der Waals surface area contributed by atoms with Crippen molar-refractivity contribution in [2.75, 3.05) is 24.6 Å². The number of anilines is 1. The highest BCUT2D eigenvalue weighted by Crippen LogP contribution is 2.39. The van der Waals surface area contributed by atoms with Crippen LogP contribution in [0.5, 0.6) is 0 Å². The van der Waals surface area contributed by atoms with Crippen LogP contribution in [0.1, 0.15) is 43.0 Å². The highest BCUT2D eigenvalue weighted by molar-refractivity contribution is 7.19. The highest BCUT2D eigenvalue weighted by Gasteiger charge is 2.24. The number of rotatable bonds is 4. The molecule has 2 aliphatic rings. The third kappa shape index (κ3) is 2.50. The Morgan fingerprint density at radius 1 is 1.27 bits per heavy atom. The highest BCUT2D eigenvalue weighted by atomic mass is 32.1. The maximum absolute atomic E-state index is 5.83. The van der Waals surface area contributed by atoms with Gasteiger partial charge in [0.05, 0.1) is 11.5 Å². The number of hydrogen-bond acceptors (Lipinski definition) is 5. The first kappa shape index (κ1) is 14.4. The molecule has 1 atom stereocenters. The van der Waals surface area contributed by atoms with Gasteiger partial charge >= 0.3 is 0 Å². The summed E-state index contributed by atoms with van der Waals surface area (Å²) in [6.07, 6.45) is 9.47. The average molecular weight is 317 g/mol. The molecule has 5 heteroatoms. The lowest BCUT2D eigenvalue weighted by atomic mass is 9.97. The average Bonchev–Trinajstić information content (AvgIpc) is 3.19. The van der Waals surface area contributed by atoms with Gasteiger partial charge in [0.25, 0.3) is 0 Å². The van der Waals surface area contributed by atoms with E-state index in [-0.39, 0.29) is 0 Å². The summed E-state index contributed by atoms with van der Waals surface area (Å²) in [5.41, 5.74) is 1.52. The molecule has 2 aromatic rings. The van der Waals surface area contributed by atoms with E-state index in [9.17, 15) is 0 Å². The summed E-state index contributed by atoms with van der Waals surface area (Å²) in [5, 5.41) is 1.32. The maximum atomic E-state index is 5.83. The zero-order chi connectivity index (χ0) is 14.9. The van der Waals surface area contributed by atoms with E-state index in [4.69, 9.17) is 4.74 Å². The molecule has 4 rings (SSSR count). The van der Waals surface area contributed by atoms with Crippen molar-refractivity contribution in [3.63, 3.8) is 0 Å². The maximum Gasteiger partial charge on any atom is 0.141 e. The van der Waals surface area contributed by atoms with Gasteiger partial charge in [0.2, 0.25) is 0 Å². The molecule has 1 aliphatic carbocycles. The molecule has 0 spiro atoms. The molecule has 22 heavy (non-hydrogen) atoms. The molecular formula is C17H23N3OS. The molecule has 0 radical (unpaired) electrons. The van der Waals surface area contributed by atoms with Crippen LogP contribution in [-0.2, 0) is 17.6 Å². The van der Waals surface area contributed by atoms with Crippen LogP contribution in [0.4, 0.5) is 5.82 Å². The normalized spacial score (nSPS) is 21.2. The second kappa shape index (κ2) is 6.13. The quantitative estimate of drug-likeness (QED) is 0.864. The van der Waals surface area contributed by atoms with E-state index in [0.29, 0.717) is 6.10 Å². The summed E-state index contributed by atoms with van der Waals surface area (Å²) in [6.45, 7) is 5.04. The molecule has 0 saturated carbocycles. The van der Waals surface area contributed by atoms with Gasteiger partial charge in [0.1, 0.15) is 17.0 Å². The number of aromatic nitrogens is 2. The zero-order valence-electron chi connectivity index (χ0n) is 13.2. The van der Waals surface area contributed by atoms with Gasteiger partial charge in [0.15, 0.2) is 0 Å². The molecule has 1 aliphatic heterocycles. The minimum absolute atomic E-state index is 0.361. The van der Waals surface area contributed by atoms with Crippen LogP contribution < -0.4 is 4.90 Å². The largest absolute Gasteiger partial charge is 0.376 e. The number of thiophene rings is 1. The van der Waals surface area contributed by atoms with Gasteiger partial charge in [-0.05, 0) is 51.0 Å². The Morgan fingerprint density at radius 3 is 3.00 bits per heavy atom. The SMILES string of the molecule is CCN(C[C@@H]1CCCO1)c1ncnc2sc3c(c12)CCCC3. The van der Waals surface area contributed by atoms with Gasteiger partial charge in [-0.25, -0.2) is 9.97 Å². The van der Waals surface area contributed by atoms with Crippen molar-refractivity contribution < 1.29 is 4.74 Å². The van der Waals surface area contributed by atoms with Crippen molar-refractivity contribution >= 4 is 27.4 Å². The fourth-order valence-corrected chi connectivity index (χ4v) is 4.94. The molecule has 0 bridgehead atoms. The van der Waals surface area contributed by atoms with Crippen LogP contribution in [-0.4, -0.2) is 35.8 Å². The van der Waals surface area contributed by atoms with Gasteiger partial charge in [-0.2, -0.15) is 0 Å². The number of fused-ring (bicyclic) bond motifs is 3. The van der Waals surface area contributed by atoms with Crippen LogP contribution in [0.15, 0.2) is 6.33 Å². The molecule has 118 valence electrons. The number of hydrogen-bond donors (Lipinski definition) is 0. The lowest BCUT2D eigenvalue weighted by Gasteiger charge is -2.26. The van der Waals surface area contributed by atoms with E-state index in [2.05, 4.69) is 21.8 Å². The molecule has 3 heterocycles. The van der Waals surface area contributed by atoms with Crippen molar-refractivity contribution in [3.05, 3.63) is 16.8 Å². The van der Waals surface area contributed by atoms with Gasteiger partial charge < -0.3 is 9.64 Å². The van der Waals surface area contributed by atoms with Crippen LogP contribution in [0.2, 0.25) is 0 Å². The molecule has 2 aromatic heterocycles. The third-order valence-electron chi connectivity index (χ3n) is 4.86. The van der Waals surface area contributed by atoms with E-state index < -0.39 is 0 Å². The van der Waals surface area contributed by atoms with Crippen LogP contribution in [0.3, 0.4) is 0 Å². The van der Waals surface area contributed by atoms with E-state index >= 15 is 0 Å². The summed E-state index contributed by atoms with van der Waals surface area (Å²) >= 11 is 1.88. The molecular weight excluding hydrogens is 294 g/mol. The predicted molar refractivity (Wildman–Crippen MR) is 90.9 cm³/mol. The fourth-order valence-electron chi connectivity index (χ4n) is 3.71. The summed E-state index contributed by atoms with van der Waals surface area (Å²) < 4.78 is 5.83. The first-order chi connectivity index (χ1) is 10.9. The summed E-state index contributed by atoms with van der Waals surface area (Å²) in [5.74, 6) is 1.13. The predicted octanol–water partition coefficient (Wildman–Crippen LogP) is 3.58. The second-order valence-corrected chi connectivity index (χ2v) is 7.35. The van der Waals surface area contributed by atoms with Crippen molar-refractivity contribution in [2.24, 2.45) is 0 Å². The van der Waals surface area contributed by atoms with E-state index in [1.807, 2.05) is 11.3 Å². The zero-order valence-corrected chi connectivity index (χ0v) is 14.0. The Morgan fingerprint density at radius 2 is 2.18 bits per heavy atom. The Balaban J connectivity index is 1.74. The minimum atomic E-state index is 0.361. The number of likely N-dealkylation sites (N-methyl/N-ethyl adjacent to an activating group) is 1. The van der Waals surface area contributed by atoms with Crippen molar-refractivity contribution in [1.82, 2.24) is 9.97 Å². The van der Waals surface area contributed by atoms with Gasteiger partial charge in [0, 0.05) is 24.6 Å². The standard InChI is InChI=1S/C17H23N3OS/c1-2-20(10-12-6-5-9-21-12)16-15-13-7-3-4-8-14(13)22-17(15)19-11-18-16/h11-12H,2-10H2,1H3/t12-/m0/s1. The molecule has 4 nitrogen and oxygen atoms in total. The van der Waals surface area contributed by atoms with Crippen LogP contribution in [0, 0.1) is 0 Å². The third-order valence-corrected chi connectivity index (χ3v) is 6.06. The number of aryl methyl sites for hydroxylation is 2. The molecule has 0 N–H and O–H groups in total. The van der Waals surface area contributed by atoms with Gasteiger partial charge in [-0.15, -0.1) is 11.3 Å². The van der Waals surface area contributed by atoms with Gasteiger partial charge in [-0.3, -0.25) is 0 Å². The number of nitrogens with zero attached hydrogens (tertiary/aromatic N) is 3. The topological polar surface area (TPSA) is 38.2 Å².